The summed E-state index contributed by atoms with van der Waals surface area (Å²) in [6, 6.07) is 3.21. The number of fused-ring (bicyclic) bond motifs is 1. The number of carbonyl (C=O) groups is 2. The first-order valence-electron chi connectivity index (χ1n) is 17.8. The van der Waals surface area contributed by atoms with Crippen LogP contribution in [0, 0.1) is 5.41 Å². The first kappa shape index (κ1) is 39.9. The Morgan fingerprint density at radius 3 is 2.58 bits per heavy atom. The van der Waals surface area contributed by atoms with Crippen molar-refractivity contribution in [2.24, 2.45) is 5.41 Å². The van der Waals surface area contributed by atoms with Crippen LogP contribution >= 0.6 is 22.7 Å². The van der Waals surface area contributed by atoms with Gasteiger partial charge in [0.15, 0.2) is 0 Å². The molecular formula is C36H55N5O7S2. The number of aromatic nitrogens is 2. The zero-order chi connectivity index (χ0) is 36.3. The predicted octanol–water partition coefficient (Wildman–Crippen LogP) is 5.57. The molecule has 2 aliphatic rings. The molecule has 5 N–H and O–H groups in total. The Morgan fingerprint density at radius 1 is 1.16 bits per heavy atom. The van der Waals surface area contributed by atoms with E-state index in [9.17, 15) is 19.8 Å². The minimum atomic E-state index is -0.751. The number of aromatic amines is 1. The number of morpholine rings is 1. The van der Waals surface area contributed by atoms with Crippen molar-refractivity contribution in [1.29, 1.82) is 0 Å². The number of aliphatic hydroxyl groups excluding tert-OH is 1. The van der Waals surface area contributed by atoms with Gasteiger partial charge in [-0.15, -0.1) is 11.3 Å². The number of benzene rings is 1. The Bertz CT molecular complexity index is 1580. The molecule has 1 spiro atoms. The molecule has 5 rings (SSSR count). The Hall–Kier alpha value is -2.88. The average Bonchev–Trinajstić information content (AvgIpc) is 3.74. The molecule has 2 aromatic heterocycles. The molecular weight excluding hydrogens is 679 g/mol. The third-order valence-corrected chi connectivity index (χ3v) is 12.0. The fraction of sp³-hybridized carbons (Fsp3) is 0.667. The topological polar surface area (TPSA) is 168 Å². The maximum Gasteiger partial charge on any atom is 0.305 e. The number of aliphatic hydroxyl groups is 1. The number of aromatic hydroxyl groups is 1. The summed E-state index contributed by atoms with van der Waals surface area (Å²) >= 11 is 2.59. The SMILES string of the molecule is CC(C)c1nc(C(=O)N2CCOC3(CCN(CCCCCCC(C)(C)CCNC[C@H](O)c4ccc(O)c5[nH]c(=O)sc45)CC3)C2)cs1.O=CO. The van der Waals surface area contributed by atoms with Gasteiger partial charge in [0.05, 0.1) is 34.6 Å². The van der Waals surface area contributed by atoms with Crippen LogP contribution in [-0.4, -0.2) is 105 Å². The molecule has 1 atom stereocenters. The van der Waals surface area contributed by atoms with Crippen molar-refractivity contribution >= 4 is 45.3 Å². The molecule has 12 nitrogen and oxygen atoms in total. The number of rotatable bonds is 15. The van der Waals surface area contributed by atoms with Crippen molar-refractivity contribution in [2.45, 2.75) is 96.7 Å². The number of ether oxygens (including phenoxy) is 1. The van der Waals surface area contributed by atoms with Crippen LogP contribution in [0.4, 0.5) is 0 Å². The van der Waals surface area contributed by atoms with Gasteiger partial charge in [0, 0.05) is 43.0 Å². The van der Waals surface area contributed by atoms with E-state index < -0.39 is 6.10 Å². The number of hydrogen-bond acceptors (Lipinski definition) is 11. The number of phenols is 1. The monoisotopic (exact) mass is 733 g/mol. The summed E-state index contributed by atoms with van der Waals surface area (Å²) in [5, 5.41) is 33.9. The molecule has 1 amide bonds. The summed E-state index contributed by atoms with van der Waals surface area (Å²) in [6.45, 7) is 14.9. The number of hydrogen-bond donors (Lipinski definition) is 5. The van der Waals surface area contributed by atoms with Gasteiger partial charge in [-0.3, -0.25) is 14.4 Å². The fourth-order valence-electron chi connectivity index (χ4n) is 6.81. The second-order valence-corrected chi connectivity index (χ2v) is 16.5. The highest BCUT2D eigenvalue weighted by Crippen LogP contribution is 2.33. The first-order chi connectivity index (χ1) is 23.9. The highest BCUT2D eigenvalue weighted by atomic mass is 32.1. The zero-order valence-electron chi connectivity index (χ0n) is 29.9. The summed E-state index contributed by atoms with van der Waals surface area (Å²) in [4.78, 5) is 44.8. The van der Waals surface area contributed by atoms with Gasteiger partial charge >= 0.3 is 4.87 Å². The lowest BCUT2D eigenvalue weighted by molar-refractivity contribution is -0.127. The quantitative estimate of drug-likeness (QED) is 0.0984. The van der Waals surface area contributed by atoms with E-state index in [-0.39, 0.29) is 34.0 Å². The molecule has 2 saturated heterocycles. The highest BCUT2D eigenvalue weighted by molar-refractivity contribution is 7.16. The van der Waals surface area contributed by atoms with Gasteiger partial charge in [-0.25, -0.2) is 4.98 Å². The van der Waals surface area contributed by atoms with E-state index in [4.69, 9.17) is 14.6 Å². The molecule has 278 valence electrons. The summed E-state index contributed by atoms with van der Waals surface area (Å²) in [7, 11) is 0. The van der Waals surface area contributed by atoms with Crippen LogP contribution in [0.5, 0.6) is 5.75 Å². The first-order valence-corrected chi connectivity index (χ1v) is 19.5. The van der Waals surface area contributed by atoms with Crippen LogP contribution in [-0.2, 0) is 9.53 Å². The van der Waals surface area contributed by atoms with E-state index in [0.717, 1.165) is 61.8 Å². The second kappa shape index (κ2) is 18.6. The van der Waals surface area contributed by atoms with Crippen molar-refractivity contribution in [1.82, 2.24) is 25.1 Å². The Balaban J connectivity index is 0.00000181. The fourth-order valence-corrected chi connectivity index (χ4v) is 8.54. The normalized spacial score (nSPS) is 17.2. The summed E-state index contributed by atoms with van der Waals surface area (Å²) in [5.41, 5.74) is 1.63. The molecule has 0 radical (unpaired) electrons. The minimum absolute atomic E-state index is 0.0218. The molecule has 14 heteroatoms. The van der Waals surface area contributed by atoms with Gasteiger partial charge in [0.25, 0.3) is 12.4 Å². The lowest BCUT2D eigenvalue weighted by Gasteiger charge is -2.47. The van der Waals surface area contributed by atoms with Crippen molar-refractivity contribution in [3.8, 4) is 5.75 Å². The molecule has 2 aliphatic heterocycles. The zero-order valence-corrected chi connectivity index (χ0v) is 31.5. The molecule has 1 aromatic carbocycles. The van der Waals surface area contributed by atoms with E-state index in [0.29, 0.717) is 53.6 Å². The number of carbonyl (C=O) groups excluding carboxylic acids is 1. The number of likely N-dealkylation sites (tertiary alicyclic amines) is 1. The Morgan fingerprint density at radius 2 is 1.88 bits per heavy atom. The van der Waals surface area contributed by atoms with Crippen LogP contribution < -0.4 is 10.2 Å². The number of thiazole rings is 2. The Kier molecular flexibility index (Phi) is 14.8. The third kappa shape index (κ3) is 11.1. The average molecular weight is 734 g/mol. The van der Waals surface area contributed by atoms with Gasteiger partial charge in [-0.05, 0) is 56.7 Å². The standard InChI is InChI=1S/C35H53N5O5S2.CH2O2/c1-24(2)31-37-26(22-46-31)32(43)40-19-20-45-35(23-40)13-17-39(18-14-35)16-8-6-5-7-11-34(3,4)12-15-36-21-28(42)25-9-10-27(41)29-30(25)47-33(44)38-29;2-1-3/h9-10,22,24,28,36,41-42H,5-8,11-21,23H2,1-4H3,(H,38,44);1H,(H,2,3)/t28-;/m0./s1. The van der Waals surface area contributed by atoms with Gasteiger partial charge < -0.3 is 40.2 Å². The van der Waals surface area contributed by atoms with Crippen LogP contribution in [0.3, 0.4) is 0 Å². The second-order valence-electron chi connectivity index (χ2n) is 14.6. The van der Waals surface area contributed by atoms with Gasteiger partial charge in [-0.1, -0.05) is 64.4 Å². The van der Waals surface area contributed by atoms with Crippen LogP contribution in [0.1, 0.15) is 112 Å². The van der Waals surface area contributed by atoms with E-state index in [1.165, 1.54) is 38.2 Å². The van der Waals surface area contributed by atoms with Crippen molar-refractivity contribution in [2.75, 3.05) is 52.4 Å². The number of H-pyrrole nitrogens is 1. The number of unbranched alkanes of at least 4 members (excludes halogenated alkanes) is 3. The molecule has 0 unspecified atom stereocenters. The Labute approximate surface area is 302 Å². The van der Waals surface area contributed by atoms with E-state index in [1.807, 2.05) is 10.3 Å². The third-order valence-electron chi connectivity index (χ3n) is 9.88. The highest BCUT2D eigenvalue weighted by Gasteiger charge is 2.41. The van der Waals surface area contributed by atoms with Crippen molar-refractivity contribution in [3.63, 3.8) is 0 Å². The van der Waals surface area contributed by atoms with E-state index in [1.54, 1.807) is 17.4 Å². The summed E-state index contributed by atoms with van der Waals surface area (Å²) in [6.07, 6.45) is 8.27. The summed E-state index contributed by atoms with van der Waals surface area (Å²) in [5.74, 6) is 0.401. The smallest absolute Gasteiger partial charge is 0.305 e. The molecule has 0 saturated carbocycles. The van der Waals surface area contributed by atoms with Gasteiger partial charge in [-0.2, -0.15) is 0 Å². The van der Waals surface area contributed by atoms with E-state index in [2.05, 4.69) is 47.9 Å². The minimum Gasteiger partial charge on any atom is -0.506 e. The number of carboxylic acid groups (broad SMARTS) is 1. The molecule has 3 aromatic rings. The molecule has 0 aliphatic carbocycles. The van der Waals surface area contributed by atoms with Gasteiger partial charge in [0.2, 0.25) is 0 Å². The number of piperidine rings is 1. The molecule has 4 heterocycles. The predicted molar refractivity (Wildman–Crippen MR) is 199 cm³/mol. The van der Waals surface area contributed by atoms with Crippen LogP contribution in [0.2, 0.25) is 0 Å². The lowest BCUT2D eigenvalue weighted by Crippen LogP contribution is -2.58. The maximum atomic E-state index is 13.2. The van der Waals surface area contributed by atoms with E-state index >= 15 is 0 Å². The molecule has 0 bridgehead atoms. The number of amides is 1. The summed E-state index contributed by atoms with van der Waals surface area (Å²) < 4.78 is 6.93. The number of phenolic OH excluding ortho intramolecular Hbond substituents is 1. The van der Waals surface area contributed by atoms with Crippen LogP contribution in [0.25, 0.3) is 10.2 Å². The lowest BCUT2D eigenvalue weighted by atomic mass is 9.83. The maximum absolute atomic E-state index is 13.2. The number of nitrogens with one attached hydrogen (secondary N) is 2. The van der Waals surface area contributed by atoms with Crippen molar-refractivity contribution < 1.29 is 29.6 Å². The number of nitrogens with zero attached hydrogens (tertiary/aromatic N) is 3. The molecule has 50 heavy (non-hydrogen) atoms. The van der Waals surface area contributed by atoms with Crippen LogP contribution in [0.15, 0.2) is 22.3 Å². The van der Waals surface area contributed by atoms with Crippen molar-refractivity contribution in [3.05, 3.63) is 43.4 Å². The van der Waals surface area contributed by atoms with Gasteiger partial charge in [0.1, 0.15) is 17.0 Å². The largest absolute Gasteiger partial charge is 0.506 e. The molecule has 2 fully saturated rings.